The molecular formula is C10H14O3. The van der Waals surface area contributed by atoms with Crippen molar-refractivity contribution in [2.45, 2.75) is 19.3 Å². The lowest BCUT2D eigenvalue weighted by Gasteiger charge is -2.23. The maximum atomic E-state index is 10.8. The van der Waals surface area contributed by atoms with Crippen LogP contribution in [-0.4, -0.2) is 22.8 Å². The van der Waals surface area contributed by atoms with Crippen LogP contribution in [0.25, 0.3) is 0 Å². The molecular weight excluding hydrogens is 168 g/mol. The number of aliphatic carboxylic acids is 1. The van der Waals surface area contributed by atoms with Gasteiger partial charge in [-0.2, -0.15) is 0 Å². The fourth-order valence-electron chi connectivity index (χ4n) is 2.73. The molecule has 0 heterocycles. The first kappa shape index (κ1) is 8.75. The first-order valence-electron chi connectivity index (χ1n) is 4.70. The Morgan fingerprint density at radius 2 is 2.31 bits per heavy atom. The second kappa shape index (κ2) is 2.84. The van der Waals surface area contributed by atoms with E-state index in [4.69, 9.17) is 10.2 Å². The van der Waals surface area contributed by atoms with Gasteiger partial charge < -0.3 is 10.2 Å². The fraction of sp³-hybridized carbons (Fsp3) is 0.700. The molecule has 2 rings (SSSR count). The normalized spacial score (nSPS) is 41.3. The molecule has 0 radical (unpaired) electrons. The average molecular weight is 182 g/mol. The molecule has 0 aromatic carbocycles. The van der Waals surface area contributed by atoms with Crippen LogP contribution in [0, 0.1) is 17.3 Å². The van der Waals surface area contributed by atoms with Crippen molar-refractivity contribution in [1.82, 2.24) is 0 Å². The predicted octanol–water partition coefficient (Wildman–Crippen LogP) is 1.04. The van der Waals surface area contributed by atoms with E-state index < -0.39 is 5.97 Å². The van der Waals surface area contributed by atoms with Crippen molar-refractivity contribution in [1.29, 1.82) is 0 Å². The summed E-state index contributed by atoms with van der Waals surface area (Å²) in [6, 6.07) is 0. The second-order valence-corrected chi connectivity index (χ2v) is 4.21. The molecule has 1 fully saturated rings. The monoisotopic (exact) mass is 182 g/mol. The standard InChI is InChI=1S/C10H14O3/c11-4-3-10-2-1-7(5-10)8(6-10)9(12)13/h1-2,7-8,11H,3-6H2,(H,12,13). The van der Waals surface area contributed by atoms with Gasteiger partial charge in [-0.15, -0.1) is 0 Å². The van der Waals surface area contributed by atoms with Crippen molar-refractivity contribution >= 4 is 5.97 Å². The molecule has 0 aromatic heterocycles. The number of fused-ring (bicyclic) bond motifs is 2. The Labute approximate surface area is 77.1 Å². The van der Waals surface area contributed by atoms with Gasteiger partial charge in [0, 0.05) is 6.61 Å². The number of hydrogen-bond acceptors (Lipinski definition) is 2. The highest BCUT2D eigenvalue weighted by molar-refractivity contribution is 5.72. The minimum atomic E-state index is -0.686. The van der Waals surface area contributed by atoms with Crippen molar-refractivity contribution in [2.75, 3.05) is 6.61 Å². The molecule has 2 bridgehead atoms. The number of allylic oxidation sites excluding steroid dienone is 2. The highest BCUT2D eigenvalue weighted by Gasteiger charge is 2.49. The summed E-state index contributed by atoms with van der Waals surface area (Å²) in [5.74, 6) is -0.685. The Kier molecular flexibility index (Phi) is 1.91. The van der Waals surface area contributed by atoms with E-state index in [1.54, 1.807) is 0 Å². The molecule has 0 aliphatic heterocycles. The van der Waals surface area contributed by atoms with E-state index >= 15 is 0 Å². The molecule has 3 atom stereocenters. The van der Waals surface area contributed by atoms with Crippen LogP contribution in [0.4, 0.5) is 0 Å². The van der Waals surface area contributed by atoms with E-state index in [-0.39, 0.29) is 23.9 Å². The quantitative estimate of drug-likeness (QED) is 0.641. The van der Waals surface area contributed by atoms with Crippen LogP contribution >= 0.6 is 0 Å². The molecule has 0 spiro atoms. The maximum absolute atomic E-state index is 10.8. The summed E-state index contributed by atoms with van der Waals surface area (Å²) >= 11 is 0. The molecule has 0 saturated heterocycles. The van der Waals surface area contributed by atoms with E-state index in [9.17, 15) is 4.79 Å². The van der Waals surface area contributed by atoms with E-state index in [0.717, 1.165) is 6.42 Å². The molecule has 72 valence electrons. The van der Waals surface area contributed by atoms with Crippen LogP contribution in [0.5, 0.6) is 0 Å². The van der Waals surface area contributed by atoms with Gasteiger partial charge in [0.15, 0.2) is 0 Å². The lowest BCUT2D eigenvalue weighted by atomic mass is 9.82. The van der Waals surface area contributed by atoms with E-state index in [0.29, 0.717) is 12.8 Å². The Balaban J connectivity index is 2.13. The lowest BCUT2D eigenvalue weighted by Crippen LogP contribution is -2.21. The summed E-state index contributed by atoms with van der Waals surface area (Å²) < 4.78 is 0. The molecule has 13 heavy (non-hydrogen) atoms. The van der Waals surface area contributed by atoms with Gasteiger partial charge in [0.1, 0.15) is 0 Å². The number of rotatable bonds is 3. The van der Waals surface area contributed by atoms with Crippen LogP contribution in [0.3, 0.4) is 0 Å². The van der Waals surface area contributed by atoms with Crippen LogP contribution in [0.1, 0.15) is 19.3 Å². The van der Waals surface area contributed by atoms with Crippen LogP contribution < -0.4 is 0 Å². The van der Waals surface area contributed by atoms with Gasteiger partial charge in [0.25, 0.3) is 0 Å². The molecule has 3 unspecified atom stereocenters. The van der Waals surface area contributed by atoms with Gasteiger partial charge in [-0.05, 0) is 30.6 Å². The zero-order valence-electron chi connectivity index (χ0n) is 7.44. The predicted molar refractivity (Wildman–Crippen MR) is 47.1 cm³/mol. The minimum Gasteiger partial charge on any atom is -0.481 e. The van der Waals surface area contributed by atoms with E-state index in [1.165, 1.54) is 0 Å². The molecule has 3 heteroatoms. The van der Waals surface area contributed by atoms with Gasteiger partial charge in [-0.3, -0.25) is 4.79 Å². The smallest absolute Gasteiger partial charge is 0.307 e. The highest BCUT2D eigenvalue weighted by atomic mass is 16.4. The van der Waals surface area contributed by atoms with Crippen molar-refractivity contribution in [2.24, 2.45) is 17.3 Å². The molecule has 0 amide bonds. The third-order valence-corrected chi connectivity index (χ3v) is 3.41. The van der Waals surface area contributed by atoms with Crippen LogP contribution in [0.15, 0.2) is 12.2 Å². The highest BCUT2D eigenvalue weighted by Crippen LogP contribution is 2.54. The summed E-state index contributed by atoms with van der Waals surface area (Å²) in [4.78, 5) is 10.8. The Bertz CT molecular complexity index is 259. The zero-order chi connectivity index (χ0) is 9.47. The Morgan fingerprint density at radius 1 is 1.54 bits per heavy atom. The molecule has 2 aliphatic carbocycles. The number of carboxylic acid groups (broad SMARTS) is 1. The van der Waals surface area contributed by atoms with E-state index in [2.05, 4.69) is 6.08 Å². The van der Waals surface area contributed by atoms with Crippen LogP contribution in [0.2, 0.25) is 0 Å². The van der Waals surface area contributed by atoms with Crippen molar-refractivity contribution in [3.63, 3.8) is 0 Å². The number of carbonyl (C=O) groups is 1. The SMILES string of the molecule is O=C(O)C1CC2(CCO)C=CC1C2. The molecule has 2 N–H and O–H groups in total. The number of hydrogen-bond donors (Lipinski definition) is 2. The summed E-state index contributed by atoms with van der Waals surface area (Å²) in [6.45, 7) is 0.156. The second-order valence-electron chi connectivity index (χ2n) is 4.21. The molecule has 1 saturated carbocycles. The summed E-state index contributed by atoms with van der Waals surface area (Å²) in [7, 11) is 0. The van der Waals surface area contributed by atoms with Gasteiger partial charge in [0.2, 0.25) is 0 Å². The number of aliphatic hydroxyl groups is 1. The van der Waals surface area contributed by atoms with Gasteiger partial charge in [0.05, 0.1) is 5.92 Å². The maximum Gasteiger partial charge on any atom is 0.307 e. The minimum absolute atomic E-state index is 0.00245. The Hall–Kier alpha value is -0.830. The van der Waals surface area contributed by atoms with Gasteiger partial charge in [-0.1, -0.05) is 12.2 Å². The molecule has 3 nitrogen and oxygen atoms in total. The van der Waals surface area contributed by atoms with Gasteiger partial charge >= 0.3 is 5.97 Å². The largest absolute Gasteiger partial charge is 0.481 e. The van der Waals surface area contributed by atoms with E-state index in [1.807, 2.05) is 6.08 Å². The first-order valence-corrected chi connectivity index (χ1v) is 4.70. The molecule has 2 aliphatic rings. The summed E-state index contributed by atoms with van der Waals surface area (Å²) in [6.07, 6.45) is 6.46. The molecule has 0 aromatic rings. The van der Waals surface area contributed by atoms with Crippen molar-refractivity contribution < 1.29 is 15.0 Å². The number of aliphatic hydroxyl groups excluding tert-OH is 1. The summed E-state index contributed by atoms with van der Waals surface area (Å²) in [5, 5.41) is 17.8. The van der Waals surface area contributed by atoms with Crippen LogP contribution in [-0.2, 0) is 4.79 Å². The van der Waals surface area contributed by atoms with Crippen molar-refractivity contribution in [3.8, 4) is 0 Å². The fourth-order valence-corrected chi connectivity index (χ4v) is 2.73. The average Bonchev–Trinajstić information content (AvgIpc) is 2.61. The summed E-state index contributed by atoms with van der Waals surface area (Å²) in [5.41, 5.74) is 0.00245. The third-order valence-electron chi connectivity index (χ3n) is 3.41. The first-order chi connectivity index (χ1) is 6.17. The third kappa shape index (κ3) is 1.27. The lowest BCUT2D eigenvalue weighted by molar-refractivity contribution is -0.142. The topological polar surface area (TPSA) is 57.5 Å². The van der Waals surface area contributed by atoms with Crippen molar-refractivity contribution in [3.05, 3.63) is 12.2 Å². The number of carboxylic acids is 1. The van der Waals surface area contributed by atoms with Gasteiger partial charge in [-0.25, -0.2) is 0 Å². The Morgan fingerprint density at radius 3 is 2.85 bits per heavy atom. The zero-order valence-corrected chi connectivity index (χ0v) is 7.44.